The van der Waals surface area contributed by atoms with Crippen molar-refractivity contribution in [3.05, 3.63) is 27.7 Å². The summed E-state index contributed by atoms with van der Waals surface area (Å²) in [5, 5.41) is 0.545. The highest BCUT2D eigenvalue weighted by molar-refractivity contribution is 9.10. The van der Waals surface area contributed by atoms with E-state index in [1.807, 2.05) is 39.0 Å². The van der Waals surface area contributed by atoms with Gasteiger partial charge in [0.2, 0.25) is 0 Å². The molecule has 1 fully saturated rings. The van der Waals surface area contributed by atoms with Crippen molar-refractivity contribution < 1.29 is 14.3 Å². The Morgan fingerprint density at radius 3 is 2.65 bits per heavy atom. The molecule has 4 nitrogen and oxygen atoms in total. The van der Waals surface area contributed by atoms with Gasteiger partial charge in [-0.2, -0.15) is 0 Å². The summed E-state index contributed by atoms with van der Waals surface area (Å²) in [7, 11) is 0. The molecule has 1 aromatic rings. The molecule has 110 valence electrons. The minimum atomic E-state index is -0.476. The molecular weight excluding hydrogens is 346 g/mol. The van der Waals surface area contributed by atoms with Crippen LogP contribution < -0.4 is 4.74 Å². The molecule has 1 amide bonds. The van der Waals surface area contributed by atoms with Crippen molar-refractivity contribution in [2.24, 2.45) is 0 Å². The van der Waals surface area contributed by atoms with Gasteiger partial charge < -0.3 is 14.4 Å². The zero-order valence-electron chi connectivity index (χ0n) is 11.7. The third-order valence-corrected chi connectivity index (χ3v) is 3.99. The Hall–Kier alpha value is -0.940. The Balaban J connectivity index is 1.85. The van der Waals surface area contributed by atoms with Crippen LogP contribution in [0.25, 0.3) is 0 Å². The van der Waals surface area contributed by atoms with Crippen LogP contribution in [-0.2, 0) is 4.74 Å². The predicted molar refractivity (Wildman–Crippen MR) is 81.4 cm³/mol. The monoisotopic (exact) mass is 361 g/mol. The molecule has 0 aliphatic carbocycles. The minimum Gasteiger partial charge on any atom is -0.485 e. The molecule has 1 heterocycles. The van der Waals surface area contributed by atoms with E-state index in [9.17, 15) is 4.79 Å². The summed E-state index contributed by atoms with van der Waals surface area (Å²) < 4.78 is 11.8. The highest BCUT2D eigenvalue weighted by Crippen LogP contribution is 2.33. The average molecular weight is 363 g/mol. The molecule has 1 aliphatic heterocycles. The lowest BCUT2D eigenvalue weighted by molar-refractivity contribution is -0.0221. The Bertz CT molecular complexity index is 510. The highest BCUT2D eigenvalue weighted by Gasteiger charge is 2.35. The second-order valence-corrected chi connectivity index (χ2v) is 6.91. The van der Waals surface area contributed by atoms with E-state index in [0.717, 1.165) is 4.47 Å². The van der Waals surface area contributed by atoms with Gasteiger partial charge in [0.15, 0.2) is 0 Å². The summed E-state index contributed by atoms with van der Waals surface area (Å²) in [6.07, 6.45) is -0.355. The number of benzene rings is 1. The van der Waals surface area contributed by atoms with Crippen LogP contribution >= 0.6 is 27.5 Å². The van der Waals surface area contributed by atoms with E-state index in [2.05, 4.69) is 15.9 Å². The first-order valence-corrected chi connectivity index (χ1v) is 7.52. The molecule has 1 aliphatic rings. The molecule has 0 atom stereocenters. The molecule has 0 saturated carbocycles. The highest BCUT2D eigenvalue weighted by atomic mass is 79.9. The number of amides is 1. The van der Waals surface area contributed by atoms with Crippen molar-refractivity contribution in [2.45, 2.75) is 32.5 Å². The molecule has 2 rings (SSSR count). The standard InChI is InChI=1S/C14H17BrClNO3/c1-14(2,3)20-13(18)17-7-9(8-17)19-11-6-4-5-10(15)12(11)16/h4-6,9H,7-8H2,1-3H3. The summed E-state index contributed by atoms with van der Waals surface area (Å²) in [5.41, 5.74) is -0.476. The van der Waals surface area contributed by atoms with Gasteiger partial charge in [-0.15, -0.1) is 0 Å². The maximum Gasteiger partial charge on any atom is 0.410 e. The van der Waals surface area contributed by atoms with Crippen LogP contribution in [0, 0.1) is 0 Å². The number of likely N-dealkylation sites (tertiary alicyclic amines) is 1. The fourth-order valence-electron chi connectivity index (χ4n) is 1.74. The van der Waals surface area contributed by atoms with E-state index < -0.39 is 5.60 Å². The molecule has 0 bridgehead atoms. The second kappa shape index (κ2) is 5.82. The normalized spacial score (nSPS) is 15.8. The van der Waals surface area contributed by atoms with Crippen LogP contribution in [0.1, 0.15) is 20.8 Å². The van der Waals surface area contributed by atoms with Gasteiger partial charge in [-0.1, -0.05) is 17.7 Å². The summed E-state index contributed by atoms with van der Waals surface area (Å²) in [5.74, 6) is 0.620. The van der Waals surface area contributed by atoms with Gasteiger partial charge in [0.25, 0.3) is 0 Å². The van der Waals surface area contributed by atoms with E-state index in [4.69, 9.17) is 21.1 Å². The lowest BCUT2D eigenvalue weighted by Gasteiger charge is -2.39. The lowest BCUT2D eigenvalue weighted by atomic mass is 10.1. The Morgan fingerprint density at radius 2 is 2.05 bits per heavy atom. The van der Waals surface area contributed by atoms with Crippen LogP contribution in [0.3, 0.4) is 0 Å². The third-order valence-electron chi connectivity index (χ3n) is 2.71. The molecule has 0 N–H and O–H groups in total. The Labute approximate surface area is 132 Å². The van der Waals surface area contributed by atoms with Gasteiger partial charge >= 0.3 is 6.09 Å². The molecule has 1 saturated heterocycles. The first-order chi connectivity index (χ1) is 9.26. The van der Waals surface area contributed by atoms with Gasteiger partial charge in [0, 0.05) is 4.47 Å². The van der Waals surface area contributed by atoms with Crippen LogP contribution in [0.5, 0.6) is 5.75 Å². The Kier molecular flexibility index (Phi) is 4.49. The number of halogens is 2. The van der Waals surface area contributed by atoms with Crippen molar-refractivity contribution in [1.29, 1.82) is 0 Å². The van der Waals surface area contributed by atoms with Gasteiger partial charge in [-0.3, -0.25) is 0 Å². The first kappa shape index (κ1) is 15.4. The van der Waals surface area contributed by atoms with E-state index >= 15 is 0 Å². The minimum absolute atomic E-state index is 0.0469. The molecular formula is C14H17BrClNO3. The fraction of sp³-hybridized carbons (Fsp3) is 0.500. The largest absolute Gasteiger partial charge is 0.485 e. The molecule has 0 radical (unpaired) electrons. The van der Waals surface area contributed by atoms with Crippen molar-refractivity contribution in [3.8, 4) is 5.75 Å². The zero-order chi connectivity index (χ0) is 14.9. The van der Waals surface area contributed by atoms with Crippen molar-refractivity contribution >= 4 is 33.6 Å². The number of ether oxygens (including phenoxy) is 2. The van der Waals surface area contributed by atoms with E-state index in [-0.39, 0.29) is 12.2 Å². The molecule has 1 aromatic carbocycles. The molecule has 0 spiro atoms. The molecule has 0 aromatic heterocycles. The number of hydrogen-bond acceptors (Lipinski definition) is 3. The molecule has 0 unspecified atom stereocenters. The predicted octanol–water partition coefficient (Wildman–Crippen LogP) is 4.10. The van der Waals surface area contributed by atoms with Crippen molar-refractivity contribution in [3.63, 3.8) is 0 Å². The Morgan fingerprint density at radius 1 is 1.40 bits per heavy atom. The van der Waals surface area contributed by atoms with Crippen LogP contribution in [0.15, 0.2) is 22.7 Å². The summed E-state index contributed by atoms with van der Waals surface area (Å²) >= 11 is 9.47. The van der Waals surface area contributed by atoms with Crippen LogP contribution in [0.2, 0.25) is 5.02 Å². The summed E-state index contributed by atoms with van der Waals surface area (Å²) in [6.45, 7) is 6.56. The third kappa shape index (κ3) is 3.79. The van der Waals surface area contributed by atoms with Crippen LogP contribution in [-0.4, -0.2) is 35.8 Å². The molecule has 20 heavy (non-hydrogen) atoms. The van der Waals surface area contributed by atoms with Gasteiger partial charge in [-0.05, 0) is 48.8 Å². The van der Waals surface area contributed by atoms with Crippen LogP contribution in [0.4, 0.5) is 4.79 Å². The number of nitrogens with zero attached hydrogens (tertiary/aromatic N) is 1. The van der Waals surface area contributed by atoms with Gasteiger partial charge in [-0.25, -0.2) is 4.79 Å². The van der Waals surface area contributed by atoms with Crippen molar-refractivity contribution in [1.82, 2.24) is 4.90 Å². The number of rotatable bonds is 2. The second-order valence-electron chi connectivity index (χ2n) is 5.68. The topological polar surface area (TPSA) is 38.8 Å². The summed E-state index contributed by atoms with van der Waals surface area (Å²) in [4.78, 5) is 13.4. The number of carbonyl (C=O) groups excluding carboxylic acids is 1. The zero-order valence-corrected chi connectivity index (χ0v) is 14.0. The number of carbonyl (C=O) groups is 1. The van der Waals surface area contributed by atoms with E-state index in [1.165, 1.54) is 0 Å². The quantitative estimate of drug-likeness (QED) is 0.795. The molecule has 6 heteroatoms. The van der Waals surface area contributed by atoms with Crippen molar-refractivity contribution in [2.75, 3.05) is 13.1 Å². The van der Waals surface area contributed by atoms with Gasteiger partial charge in [0.1, 0.15) is 17.5 Å². The van der Waals surface area contributed by atoms with E-state index in [0.29, 0.717) is 23.9 Å². The maximum absolute atomic E-state index is 11.8. The average Bonchev–Trinajstić information content (AvgIpc) is 2.25. The smallest absolute Gasteiger partial charge is 0.410 e. The summed E-state index contributed by atoms with van der Waals surface area (Å²) in [6, 6.07) is 5.52. The first-order valence-electron chi connectivity index (χ1n) is 6.35. The number of hydrogen-bond donors (Lipinski definition) is 0. The maximum atomic E-state index is 11.8. The van der Waals surface area contributed by atoms with E-state index in [1.54, 1.807) is 4.90 Å². The fourth-order valence-corrected chi connectivity index (χ4v) is 2.26. The SMILES string of the molecule is CC(C)(C)OC(=O)N1CC(Oc2cccc(Br)c2Cl)C1. The lowest BCUT2D eigenvalue weighted by Crippen LogP contribution is -2.57. The van der Waals surface area contributed by atoms with Gasteiger partial charge in [0.05, 0.1) is 18.1 Å².